The molecule has 0 unspecified atom stereocenters. The van der Waals surface area contributed by atoms with E-state index in [1.807, 2.05) is 39.2 Å². The molecule has 0 saturated carbocycles. The van der Waals surface area contributed by atoms with Gasteiger partial charge in [0.1, 0.15) is 0 Å². The molecule has 0 heterocycles. The van der Waals surface area contributed by atoms with E-state index in [9.17, 15) is 9.59 Å². The van der Waals surface area contributed by atoms with Crippen LogP contribution in [0.3, 0.4) is 0 Å². The van der Waals surface area contributed by atoms with E-state index in [0.717, 1.165) is 36.2 Å². The number of anilines is 1. The molecule has 0 saturated heterocycles. The molecule has 0 spiro atoms. The maximum absolute atomic E-state index is 12.3. The Morgan fingerprint density at radius 2 is 1.87 bits per heavy atom. The van der Waals surface area contributed by atoms with Crippen LogP contribution in [0, 0.1) is 6.92 Å². The molecule has 0 radical (unpaired) electrons. The van der Waals surface area contributed by atoms with Crippen molar-refractivity contribution in [3.8, 4) is 0 Å². The number of carbonyl (C=O) groups excluding carboxylic acids is 2. The number of rotatable bonds is 8. The Labute approximate surface area is 139 Å². The van der Waals surface area contributed by atoms with Crippen LogP contribution in [0.25, 0.3) is 0 Å². The summed E-state index contributed by atoms with van der Waals surface area (Å²) < 4.78 is 0. The molecule has 0 bridgehead atoms. The van der Waals surface area contributed by atoms with Gasteiger partial charge in [0.05, 0.1) is 6.54 Å². The highest BCUT2D eigenvalue weighted by molar-refractivity contribution is 5.95. The molecule has 1 aromatic carbocycles. The molecule has 0 aliphatic carbocycles. The molecule has 0 fully saturated rings. The van der Waals surface area contributed by atoms with Gasteiger partial charge in [-0.25, -0.2) is 0 Å². The van der Waals surface area contributed by atoms with Crippen LogP contribution in [0.1, 0.15) is 31.4 Å². The first-order valence-electron chi connectivity index (χ1n) is 8.13. The van der Waals surface area contributed by atoms with Gasteiger partial charge in [-0.15, -0.1) is 0 Å². The molecule has 1 aromatic rings. The molecule has 5 nitrogen and oxygen atoms in total. The SMILES string of the molecule is CCc1cccc(C)c1NC(=O)CN(CCCN(C)C)C(C)=O. The van der Waals surface area contributed by atoms with Gasteiger partial charge < -0.3 is 15.1 Å². The Hall–Kier alpha value is -1.88. The second-order valence-electron chi connectivity index (χ2n) is 6.11. The van der Waals surface area contributed by atoms with Gasteiger partial charge in [0.2, 0.25) is 11.8 Å². The Balaban J connectivity index is 2.68. The lowest BCUT2D eigenvalue weighted by molar-refractivity contribution is -0.132. The van der Waals surface area contributed by atoms with Gasteiger partial charge in [-0.05, 0) is 51.5 Å². The lowest BCUT2D eigenvalue weighted by atomic mass is 10.1. The Morgan fingerprint density at radius 3 is 2.43 bits per heavy atom. The number of benzene rings is 1. The molecule has 2 amide bonds. The average molecular weight is 319 g/mol. The summed E-state index contributed by atoms with van der Waals surface area (Å²) in [6.45, 7) is 7.13. The van der Waals surface area contributed by atoms with Crippen molar-refractivity contribution in [2.75, 3.05) is 39.0 Å². The molecule has 0 aromatic heterocycles. The molecular formula is C18H29N3O2. The van der Waals surface area contributed by atoms with E-state index in [-0.39, 0.29) is 18.4 Å². The van der Waals surface area contributed by atoms with Crippen LogP contribution >= 0.6 is 0 Å². The first kappa shape index (κ1) is 19.2. The molecule has 0 atom stereocenters. The predicted octanol–water partition coefficient (Wildman–Crippen LogP) is 2.30. The van der Waals surface area contributed by atoms with E-state index in [0.29, 0.717) is 6.54 Å². The fraction of sp³-hybridized carbons (Fsp3) is 0.556. The highest BCUT2D eigenvalue weighted by Crippen LogP contribution is 2.20. The fourth-order valence-corrected chi connectivity index (χ4v) is 2.48. The molecule has 23 heavy (non-hydrogen) atoms. The zero-order valence-electron chi connectivity index (χ0n) is 15.0. The second-order valence-corrected chi connectivity index (χ2v) is 6.11. The van der Waals surface area contributed by atoms with Crippen LogP contribution in [-0.2, 0) is 16.0 Å². The van der Waals surface area contributed by atoms with Crippen molar-refractivity contribution < 1.29 is 9.59 Å². The summed E-state index contributed by atoms with van der Waals surface area (Å²) in [5.41, 5.74) is 3.02. The van der Waals surface area contributed by atoms with E-state index < -0.39 is 0 Å². The first-order valence-corrected chi connectivity index (χ1v) is 8.13. The smallest absolute Gasteiger partial charge is 0.244 e. The van der Waals surface area contributed by atoms with Gasteiger partial charge in [-0.1, -0.05) is 25.1 Å². The summed E-state index contributed by atoms with van der Waals surface area (Å²) in [6.07, 6.45) is 1.71. The zero-order valence-corrected chi connectivity index (χ0v) is 15.0. The number of para-hydroxylation sites is 1. The standard InChI is InChI=1S/C18H29N3O2/c1-6-16-10-7-9-14(2)18(16)19-17(23)13-21(15(3)22)12-8-11-20(4)5/h7,9-10H,6,8,11-13H2,1-5H3,(H,19,23). The van der Waals surface area contributed by atoms with Crippen LogP contribution in [0.5, 0.6) is 0 Å². The minimum absolute atomic E-state index is 0.0700. The number of nitrogens with one attached hydrogen (secondary N) is 1. The minimum atomic E-state index is -0.144. The number of hydrogen-bond acceptors (Lipinski definition) is 3. The van der Waals surface area contributed by atoms with E-state index in [4.69, 9.17) is 0 Å². The van der Waals surface area contributed by atoms with Crippen LogP contribution in [-0.4, -0.2) is 55.3 Å². The summed E-state index contributed by atoms with van der Waals surface area (Å²) in [7, 11) is 3.99. The number of carbonyl (C=O) groups is 2. The van der Waals surface area contributed by atoms with Crippen molar-refractivity contribution in [1.82, 2.24) is 9.80 Å². The average Bonchev–Trinajstić information content (AvgIpc) is 2.47. The van der Waals surface area contributed by atoms with E-state index in [2.05, 4.69) is 17.1 Å². The molecule has 1 N–H and O–H groups in total. The van der Waals surface area contributed by atoms with Gasteiger partial charge >= 0.3 is 0 Å². The van der Waals surface area contributed by atoms with Crippen LogP contribution < -0.4 is 5.32 Å². The van der Waals surface area contributed by atoms with E-state index >= 15 is 0 Å². The molecule has 5 heteroatoms. The lowest BCUT2D eigenvalue weighted by Gasteiger charge is -2.22. The van der Waals surface area contributed by atoms with Crippen molar-refractivity contribution in [3.05, 3.63) is 29.3 Å². The van der Waals surface area contributed by atoms with Crippen molar-refractivity contribution >= 4 is 17.5 Å². The number of amides is 2. The van der Waals surface area contributed by atoms with E-state index in [1.54, 1.807) is 4.90 Å². The van der Waals surface area contributed by atoms with Gasteiger partial charge in [0, 0.05) is 19.2 Å². The second kappa shape index (κ2) is 9.30. The van der Waals surface area contributed by atoms with Crippen LogP contribution in [0.2, 0.25) is 0 Å². The normalized spacial score (nSPS) is 10.7. The van der Waals surface area contributed by atoms with Gasteiger partial charge in [-0.3, -0.25) is 9.59 Å². The molecule has 128 valence electrons. The molecular weight excluding hydrogens is 290 g/mol. The van der Waals surface area contributed by atoms with Gasteiger partial charge in [0.15, 0.2) is 0 Å². The van der Waals surface area contributed by atoms with Crippen LogP contribution in [0.4, 0.5) is 5.69 Å². The number of hydrogen-bond donors (Lipinski definition) is 1. The van der Waals surface area contributed by atoms with Crippen molar-refractivity contribution in [2.45, 2.75) is 33.6 Å². The quantitative estimate of drug-likeness (QED) is 0.800. The fourth-order valence-electron chi connectivity index (χ4n) is 2.48. The highest BCUT2D eigenvalue weighted by atomic mass is 16.2. The Kier molecular flexibility index (Phi) is 7.75. The largest absolute Gasteiger partial charge is 0.334 e. The third-order valence-corrected chi connectivity index (χ3v) is 3.82. The van der Waals surface area contributed by atoms with Crippen molar-refractivity contribution in [1.29, 1.82) is 0 Å². The summed E-state index contributed by atoms with van der Waals surface area (Å²) in [5, 5.41) is 2.97. The maximum atomic E-state index is 12.3. The molecule has 1 rings (SSSR count). The lowest BCUT2D eigenvalue weighted by Crippen LogP contribution is -2.38. The van der Waals surface area contributed by atoms with Crippen molar-refractivity contribution in [2.24, 2.45) is 0 Å². The summed E-state index contributed by atoms with van der Waals surface area (Å²) in [4.78, 5) is 27.7. The Morgan fingerprint density at radius 1 is 1.17 bits per heavy atom. The molecule has 0 aliphatic heterocycles. The van der Waals surface area contributed by atoms with Gasteiger partial charge in [0.25, 0.3) is 0 Å². The van der Waals surface area contributed by atoms with Gasteiger partial charge in [-0.2, -0.15) is 0 Å². The minimum Gasteiger partial charge on any atom is -0.334 e. The van der Waals surface area contributed by atoms with E-state index in [1.165, 1.54) is 6.92 Å². The summed E-state index contributed by atoms with van der Waals surface area (Å²) >= 11 is 0. The van der Waals surface area contributed by atoms with Crippen molar-refractivity contribution in [3.63, 3.8) is 0 Å². The Bertz CT molecular complexity index is 541. The maximum Gasteiger partial charge on any atom is 0.244 e. The third-order valence-electron chi connectivity index (χ3n) is 3.82. The van der Waals surface area contributed by atoms with Crippen LogP contribution in [0.15, 0.2) is 18.2 Å². The number of aryl methyl sites for hydroxylation is 2. The molecule has 0 aliphatic rings. The monoisotopic (exact) mass is 319 g/mol. The first-order chi connectivity index (χ1) is 10.8. The third kappa shape index (κ3) is 6.40. The summed E-state index contributed by atoms with van der Waals surface area (Å²) in [6, 6.07) is 5.99. The predicted molar refractivity (Wildman–Crippen MR) is 94.6 cm³/mol. The topological polar surface area (TPSA) is 52.7 Å². The summed E-state index contributed by atoms with van der Waals surface area (Å²) in [5.74, 6) is -0.214. The number of nitrogens with zero attached hydrogens (tertiary/aromatic N) is 2. The highest BCUT2D eigenvalue weighted by Gasteiger charge is 2.15. The zero-order chi connectivity index (χ0) is 17.4.